The zero-order chi connectivity index (χ0) is 18.4. The minimum absolute atomic E-state index is 0.0381. The van der Waals surface area contributed by atoms with Crippen LogP contribution in [-0.4, -0.2) is 4.83 Å². The molecule has 132 valence electrons. The quantitative estimate of drug-likeness (QED) is 0.350. The molecule has 0 bridgehead atoms. The average Bonchev–Trinajstić information content (AvgIpc) is 2.93. The molecule has 0 amide bonds. The van der Waals surface area contributed by atoms with Crippen molar-refractivity contribution in [1.29, 1.82) is 0 Å². The molecule has 0 heterocycles. The minimum Gasteiger partial charge on any atom is -0.0842 e. The lowest BCUT2D eigenvalue weighted by Crippen LogP contribution is -2.21. The Bertz CT molecular complexity index is 1030. The number of benzene rings is 2. The van der Waals surface area contributed by atoms with Gasteiger partial charge in [0.25, 0.3) is 0 Å². The number of fused-ring (bicyclic) bond motifs is 5. The predicted molar refractivity (Wildman–Crippen MR) is 118 cm³/mol. The van der Waals surface area contributed by atoms with E-state index in [1.165, 1.54) is 39.0 Å². The first-order valence-electron chi connectivity index (χ1n) is 9.27. The number of allylic oxidation sites excluding steroid dienone is 4. The van der Waals surface area contributed by atoms with Crippen LogP contribution in [0.15, 0.2) is 52.5 Å². The van der Waals surface area contributed by atoms with Gasteiger partial charge in [-0.3, -0.25) is 0 Å². The molecule has 0 spiro atoms. The SMILES string of the molecule is CC1(C)C2=C(C=CC(Br)C2)c2cc3c(cc21)C(C)(C)c1cc(Br)ccc1-3. The van der Waals surface area contributed by atoms with E-state index in [1.54, 1.807) is 5.57 Å². The van der Waals surface area contributed by atoms with Crippen LogP contribution in [0.1, 0.15) is 56.4 Å². The first kappa shape index (κ1) is 17.0. The van der Waals surface area contributed by atoms with Gasteiger partial charge in [-0.05, 0) is 63.6 Å². The van der Waals surface area contributed by atoms with Crippen LogP contribution in [0.4, 0.5) is 0 Å². The van der Waals surface area contributed by atoms with Crippen LogP contribution in [0.3, 0.4) is 0 Å². The van der Waals surface area contributed by atoms with Crippen molar-refractivity contribution in [2.24, 2.45) is 0 Å². The summed E-state index contributed by atoms with van der Waals surface area (Å²) in [5.41, 5.74) is 11.8. The third kappa shape index (κ3) is 2.06. The number of hydrogen-bond acceptors (Lipinski definition) is 0. The molecule has 0 fully saturated rings. The van der Waals surface area contributed by atoms with Crippen LogP contribution in [0, 0.1) is 0 Å². The van der Waals surface area contributed by atoms with Crippen molar-refractivity contribution in [2.75, 3.05) is 0 Å². The lowest BCUT2D eigenvalue weighted by atomic mass is 9.76. The average molecular weight is 470 g/mol. The van der Waals surface area contributed by atoms with E-state index in [-0.39, 0.29) is 10.8 Å². The molecule has 3 aliphatic rings. The van der Waals surface area contributed by atoms with Gasteiger partial charge in [0.15, 0.2) is 0 Å². The molecule has 0 nitrogen and oxygen atoms in total. The van der Waals surface area contributed by atoms with Gasteiger partial charge in [-0.2, -0.15) is 0 Å². The van der Waals surface area contributed by atoms with Crippen LogP contribution in [0.5, 0.6) is 0 Å². The fourth-order valence-electron chi connectivity index (χ4n) is 5.17. The second kappa shape index (κ2) is 5.23. The lowest BCUT2D eigenvalue weighted by Gasteiger charge is -2.28. The topological polar surface area (TPSA) is 0 Å². The molecule has 1 unspecified atom stereocenters. The lowest BCUT2D eigenvalue weighted by molar-refractivity contribution is 0.604. The van der Waals surface area contributed by atoms with E-state index in [1.807, 2.05) is 0 Å². The van der Waals surface area contributed by atoms with Crippen molar-refractivity contribution in [2.45, 2.75) is 49.8 Å². The first-order chi connectivity index (χ1) is 12.2. The molecule has 0 radical (unpaired) electrons. The molecule has 2 aromatic carbocycles. The van der Waals surface area contributed by atoms with Gasteiger partial charge in [-0.1, -0.05) is 89.4 Å². The molecule has 2 aromatic rings. The smallest absolute Gasteiger partial charge is 0.0366 e. The van der Waals surface area contributed by atoms with E-state index in [0.29, 0.717) is 4.83 Å². The van der Waals surface area contributed by atoms with Crippen molar-refractivity contribution in [3.63, 3.8) is 0 Å². The van der Waals surface area contributed by atoms with E-state index >= 15 is 0 Å². The zero-order valence-corrected chi connectivity index (χ0v) is 18.8. The second-order valence-corrected chi connectivity index (χ2v) is 10.9. The minimum atomic E-state index is 0.0381. The Hall–Kier alpha value is -1.12. The summed E-state index contributed by atoms with van der Waals surface area (Å²) in [4.78, 5) is 0.455. The maximum Gasteiger partial charge on any atom is 0.0366 e. The first-order valence-corrected chi connectivity index (χ1v) is 11.0. The molecule has 1 atom stereocenters. The van der Waals surface area contributed by atoms with Crippen LogP contribution in [0.2, 0.25) is 0 Å². The van der Waals surface area contributed by atoms with E-state index in [9.17, 15) is 0 Å². The Kier molecular flexibility index (Phi) is 3.42. The third-order valence-electron chi connectivity index (χ3n) is 6.69. The van der Waals surface area contributed by atoms with Crippen LogP contribution < -0.4 is 0 Å². The molecule has 0 saturated carbocycles. The Morgan fingerprint density at radius 3 is 2.31 bits per heavy atom. The standard InChI is InChI=1S/C24H22Br2/c1-23(2)19-9-13(25)5-7-15(19)17-11-18-16-8-6-14(26)10-20(16)24(3,4)22(18)12-21(17)23/h5-9,11-12,14H,10H2,1-4H3. The van der Waals surface area contributed by atoms with E-state index in [2.05, 4.69) is 102 Å². The van der Waals surface area contributed by atoms with Gasteiger partial charge >= 0.3 is 0 Å². The van der Waals surface area contributed by atoms with Gasteiger partial charge in [0.2, 0.25) is 0 Å². The summed E-state index contributed by atoms with van der Waals surface area (Å²) in [7, 11) is 0. The molecule has 0 aliphatic heterocycles. The largest absolute Gasteiger partial charge is 0.0842 e. The molecule has 3 aliphatic carbocycles. The van der Waals surface area contributed by atoms with Crippen molar-refractivity contribution < 1.29 is 0 Å². The van der Waals surface area contributed by atoms with Crippen molar-refractivity contribution >= 4 is 37.4 Å². The summed E-state index contributed by atoms with van der Waals surface area (Å²) in [5.74, 6) is 0. The molecule has 2 heteroatoms. The van der Waals surface area contributed by atoms with Gasteiger partial charge < -0.3 is 0 Å². The maximum absolute atomic E-state index is 3.80. The molecule has 0 saturated heterocycles. The van der Waals surface area contributed by atoms with Crippen LogP contribution in [0.25, 0.3) is 16.7 Å². The Morgan fingerprint density at radius 2 is 1.54 bits per heavy atom. The second-order valence-electron chi connectivity index (χ2n) is 8.85. The Balaban J connectivity index is 1.80. The van der Waals surface area contributed by atoms with Gasteiger partial charge in [0.05, 0.1) is 0 Å². The summed E-state index contributed by atoms with van der Waals surface area (Å²) in [5, 5.41) is 0. The van der Waals surface area contributed by atoms with Crippen LogP contribution in [-0.2, 0) is 10.8 Å². The summed E-state index contributed by atoms with van der Waals surface area (Å²) < 4.78 is 1.16. The van der Waals surface area contributed by atoms with E-state index in [0.717, 1.165) is 10.9 Å². The third-order valence-corrected chi connectivity index (χ3v) is 7.81. The highest BCUT2D eigenvalue weighted by Gasteiger charge is 2.43. The van der Waals surface area contributed by atoms with Crippen molar-refractivity contribution in [3.8, 4) is 11.1 Å². The van der Waals surface area contributed by atoms with Gasteiger partial charge in [0.1, 0.15) is 0 Å². The highest BCUT2D eigenvalue weighted by atomic mass is 79.9. The Labute approximate surface area is 172 Å². The highest BCUT2D eigenvalue weighted by molar-refractivity contribution is 9.10. The molecule has 26 heavy (non-hydrogen) atoms. The normalized spacial score (nSPS) is 23.5. The summed E-state index contributed by atoms with van der Waals surface area (Å²) >= 11 is 7.46. The molecule has 0 aromatic heterocycles. The zero-order valence-electron chi connectivity index (χ0n) is 15.6. The molecular formula is C24H22Br2. The fourth-order valence-corrected chi connectivity index (χ4v) is 6.01. The summed E-state index contributed by atoms with van der Waals surface area (Å²) in [6, 6.07) is 11.7. The van der Waals surface area contributed by atoms with Crippen molar-refractivity contribution in [1.82, 2.24) is 0 Å². The number of rotatable bonds is 0. The summed E-state index contributed by atoms with van der Waals surface area (Å²) in [6.07, 6.45) is 5.73. The van der Waals surface area contributed by atoms with E-state index in [4.69, 9.17) is 0 Å². The fraction of sp³-hybridized carbons (Fsp3) is 0.333. The van der Waals surface area contributed by atoms with Gasteiger partial charge in [0, 0.05) is 20.1 Å². The van der Waals surface area contributed by atoms with Gasteiger partial charge in [-0.25, -0.2) is 0 Å². The Morgan fingerprint density at radius 1 is 0.846 bits per heavy atom. The van der Waals surface area contributed by atoms with Crippen LogP contribution >= 0.6 is 31.9 Å². The number of hydrogen-bond donors (Lipinski definition) is 0. The molecule has 5 rings (SSSR count). The monoisotopic (exact) mass is 468 g/mol. The molecule has 0 N–H and O–H groups in total. The maximum atomic E-state index is 3.80. The predicted octanol–water partition coefficient (Wildman–Crippen LogP) is 7.52. The molecular weight excluding hydrogens is 448 g/mol. The number of alkyl halides is 1. The van der Waals surface area contributed by atoms with Gasteiger partial charge in [-0.15, -0.1) is 0 Å². The van der Waals surface area contributed by atoms with E-state index < -0.39 is 0 Å². The summed E-state index contributed by atoms with van der Waals surface area (Å²) in [6.45, 7) is 9.51. The van der Waals surface area contributed by atoms with Crippen molar-refractivity contribution in [3.05, 3.63) is 74.8 Å². The number of halogens is 2. The highest BCUT2D eigenvalue weighted by Crippen LogP contribution is 2.56.